The van der Waals surface area contributed by atoms with Gasteiger partial charge in [0.25, 0.3) is 0 Å². The van der Waals surface area contributed by atoms with E-state index >= 15 is 0 Å². The van der Waals surface area contributed by atoms with Crippen LogP contribution in [0.5, 0.6) is 0 Å². The molecule has 0 unspecified atom stereocenters. The zero-order valence-corrected chi connectivity index (χ0v) is 11.4. The van der Waals surface area contributed by atoms with Gasteiger partial charge in [0.15, 0.2) is 5.82 Å². The first kappa shape index (κ1) is 12.9. The number of nitrogens with zero attached hydrogens (tertiary/aromatic N) is 3. The minimum atomic E-state index is 0.575. The van der Waals surface area contributed by atoms with Crippen LogP contribution in [0.2, 0.25) is 5.02 Å². The first-order valence-electron chi connectivity index (χ1n) is 6.01. The number of halogens is 1. The van der Waals surface area contributed by atoms with Crippen LogP contribution >= 0.6 is 11.6 Å². The molecule has 0 aliphatic carbocycles. The SMILES string of the molecule is CC(C)Cn1cnnc1CNc1cccc(Cl)c1. The second-order valence-corrected chi connectivity index (χ2v) is 5.09. The van der Waals surface area contributed by atoms with Crippen LogP contribution in [-0.4, -0.2) is 14.8 Å². The van der Waals surface area contributed by atoms with Crippen LogP contribution in [0.25, 0.3) is 0 Å². The standard InChI is InChI=1S/C13H17ClN4/c1-10(2)8-18-9-16-17-13(18)7-15-12-5-3-4-11(14)6-12/h3-6,9-10,15H,7-8H2,1-2H3. The average Bonchev–Trinajstić information content (AvgIpc) is 2.73. The van der Waals surface area contributed by atoms with Crippen molar-refractivity contribution in [3.05, 3.63) is 41.4 Å². The summed E-state index contributed by atoms with van der Waals surface area (Å²) in [5, 5.41) is 12.1. The zero-order chi connectivity index (χ0) is 13.0. The fourth-order valence-electron chi connectivity index (χ4n) is 1.74. The topological polar surface area (TPSA) is 42.7 Å². The zero-order valence-electron chi connectivity index (χ0n) is 10.6. The highest BCUT2D eigenvalue weighted by molar-refractivity contribution is 6.30. The molecule has 1 heterocycles. The van der Waals surface area contributed by atoms with Crippen LogP contribution in [0.15, 0.2) is 30.6 Å². The maximum Gasteiger partial charge on any atom is 0.152 e. The summed E-state index contributed by atoms with van der Waals surface area (Å²) in [5.41, 5.74) is 0.988. The van der Waals surface area contributed by atoms with Crippen molar-refractivity contribution in [3.8, 4) is 0 Å². The molecule has 0 aliphatic rings. The Bertz CT molecular complexity index is 507. The molecule has 0 fully saturated rings. The fourth-order valence-corrected chi connectivity index (χ4v) is 1.93. The smallest absolute Gasteiger partial charge is 0.152 e. The predicted octanol–water partition coefficient (Wildman–Crippen LogP) is 3.20. The van der Waals surface area contributed by atoms with Gasteiger partial charge in [-0.3, -0.25) is 0 Å². The molecule has 0 amide bonds. The van der Waals surface area contributed by atoms with Crippen LogP contribution in [-0.2, 0) is 13.1 Å². The van der Waals surface area contributed by atoms with Gasteiger partial charge in [0.2, 0.25) is 0 Å². The number of anilines is 1. The van der Waals surface area contributed by atoms with E-state index in [1.807, 2.05) is 24.3 Å². The summed E-state index contributed by atoms with van der Waals surface area (Å²) in [7, 11) is 0. The van der Waals surface area contributed by atoms with Crippen LogP contribution in [0.4, 0.5) is 5.69 Å². The summed E-state index contributed by atoms with van der Waals surface area (Å²) in [6.45, 7) is 5.93. The van der Waals surface area contributed by atoms with Gasteiger partial charge >= 0.3 is 0 Å². The second kappa shape index (κ2) is 5.87. The van der Waals surface area contributed by atoms with E-state index in [4.69, 9.17) is 11.6 Å². The molecule has 0 radical (unpaired) electrons. The molecular weight excluding hydrogens is 248 g/mol. The number of aromatic nitrogens is 3. The number of hydrogen-bond donors (Lipinski definition) is 1. The Morgan fingerprint density at radius 2 is 2.22 bits per heavy atom. The van der Waals surface area contributed by atoms with Crippen molar-refractivity contribution in [1.29, 1.82) is 0 Å². The summed E-state index contributed by atoms with van der Waals surface area (Å²) in [6.07, 6.45) is 1.77. The Balaban J connectivity index is 2.00. The molecule has 0 spiro atoms. The van der Waals surface area contributed by atoms with Gasteiger partial charge in [-0.1, -0.05) is 31.5 Å². The largest absolute Gasteiger partial charge is 0.378 e. The third-order valence-corrected chi connectivity index (χ3v) is 2.77. The third kappa shape index (κ3) is 3.47. The first-order valence-corrected chi connectivity index (χ1v) is 6.39. The molecule has 2 rings (SSSR count). The van der Waals surface area contributed by atoms with E-state index in [0.717, 1.165) is 23.1 Å². The van der Waals surface area contributed by atoms with E-state index in [2.05, 4.69) is 33.9 Å². The van der Waals surface area contributed by atoms with E-state index in [-0.39, 0.29) is 0 Å². The summed E-state index contributed by atoms with van der Waals surface area (Å²) in [5.74, 6) is 1.51. The molecule has 1 aromatic carbocycles. The minimum Gasteiger partial charge on any atom is -0.378 e. The highest BCUT2D eigenvalue weighted by atomic mass is 35.5. The molecule has 96 valence electrons. The molecule has 0 saturated carbocycles. The van der Waals surface area contributed by atoms with Crippen LogP contribution in [0.3, 0.4) is 0 Å². The number of rotatable bonds is 5. The Kier molecular flexibility index (Phi) is 4.20. The summed E-state index contributed by atoms with van der Waals surface area (Å²) < 4.78 is 2.07. The molecular formula is C13H17ClN4. The van der Waals surface area contributed by atoms with Crippen LogP contribution in [0, 0.1) is 5.92 Å². The van der Waals surface area contributed by atoms with Gasteiger partial charge in [-0.25, -0.2) is 0 Å². The third-order valence-electron chi connectivity index (χ3n) is 2.53. The Morgan fingerprint density at radius 3 is 2.94 bits per heavy atom. The van der Waals surface area contributed by atoms with Gasteiger partial charge in [0.1, 0.15) is 6.33 Å². The molecule has 0 aliphatic heterocycles. The van der Waals surface area contributed by atoms with Crippen molar-refractivity contribution in [2.75, 3.05) is 5.32 Å². The molecule has 2 aromatic rings. The molecule has 0 saturated heterocycles. The Morgan fingerprint density at radius 1 is 1.39 bits per heavy atom. The maximum absolute atomic E-state index is 5.93. The van der Waals surface area contributed by atoms with Gasteiger partial charge in [-0.15, -0.1) is 10.2 Å². The number of nitrogens with one attached hydrogen (secondary N) is 1. The van der Waals surface area contributed by atoms with Crippen molar-refractivity contribution in [2.24, 2.45) is 5.92 Å². The average molecular weight is 265 g/mol. The maximum atomic E-state index is 5.93. The van der Waals surface area contributed by atoms with Crippen molar-refractivity contribution >= 4 is 17.3 Å². The molecule has 1 aromatic heterocycles. The molecule has 1 N–H and O–H groups in total. The lowest BCUT2D eigenvalue weighted by atomic mass is 10.2. The van der Waals surface area contributed by atoms with E-state index in [1.165, 1.54) is 0 Å². The summed E-state index contributed by atoms with van der Waals surface area (Å²) in [4.78, 5) is 0. The normalized spacial score (nSPS) is 10.9. The van der Waals surface area contributed by atoms with Gasteiger partial charge in [-0.05, 0) is 24.1 Å². The van der Waals surface area contributed by atoms with Crippen molar-refractivity contribution in [1.82, 2.24) is 14.8 Å². The predicted molar refractivity (Wildman–Crippen MR) is 73.6 cm³/mol. The molecule has 5 heteroatoms. The van der Waals surface area contributed by atoms with Crippen molar-refractivity contribution < 1.29 is 0 Å². The Hall–Kier alpha value is -1.55. The van der Waals surface area contributed by atoms with E-state index in [0.29, 0.717) is 12.5 Å². The molecule has 18 heavy (non-hydrogen) atoms. The number of hydrogen-bond acceptors (Lipinski definition) is 3. The van der Waals surface area contributed by atoms with Gasteiger partial charge in [-0.2, -0.15) is 0 Å². The molecule has 0 atom stereocenters. The lowest BCUT2D eigenvalue weighted by molar-refractivity contribution is 0.508. The summed E-state index contributed by atoms with van der Waals surface area (Å²) in [6, 6.07) is 7.65. The van der Waals surface area contributed by atoms with E-state index in [1.54, 1.807) is 6.33 Å². The van der Waals surface area contributed by atoms with Crippen molar-refractivity contribution in [2.45, 2.75) is 26.9 Å². The quantitative estimate of drug-likeness (QED) is 0.902. The fraction of sp³-hybridized carbons (Fsp3) is 0.385. The van der Waals surface area contributed by atoms with Gasteiger partial charge in [0, 0.05) is 17.3 Å². The van der Waals surface area contributed by atoms with Crippen molar-refractivity contribution in [3.63, 3.8) is 0 Å². The van der Waals surface area contributed by atoms with E-state index < -0.39 is 0 Å². The van der Waals surface area contributed by atoms with Crippen LogP contribution in [0.1, 0.15) is 19.7 Å². The minimum absolute atomic E-state index is 0.575. The monoisotopic (exact) mass is 264 g/mol. The Labute approximate surface area is 112 Å². The number of benzene rings is 1. The second-order valence-electron chi connectivity index (χ2n) is 4.66. The molecule has 4 nitrogen and oxygen atoms in total. The van der Waals surface area contributed by atoms with Gasteiger partial charge < -0.3 is 9.88 Å². The van der Waals surface area contributed by atoms with Gasteiger partial charge in [0.05, 0.1) is 6.54 Å². The first-order chi connectivity index (χ1) is 8.65. The van der Waals surface area contributed by atoms with E-state index in [9.17, 15) is 0 Å². The highest BCUT2D eigenvalue weighted by Crippen LogP contribution is 2.15. The summed E-state index contributed by atoms with van der Waals surface area (Å²) >= 11 is 5.93. The lowest BCUT2D eigenvalue weighted by Crippen LogP contribution is -2.11. The van der Waals surface area contributed by atoms with Crippen LogP contribution < -0.4 is 5.32 Å². The molecule has 0 bridgehead atoms. The highest BCUT2D eigenvalue weighted by Gasteiger charge is 2.05. The lowest BCUT2D eigenvalue weighted by Gasteiger charge is -2.10.